The van der Waals surface area contributed by atoms with Gasteiger partial charge < -0.3 is 15.5 Å². The molecule has 5 nitrogen and oxygen atoms in total. The van der Waals surface area contributed by atoms with Gasteiger partial charge in [0, 0.05) is 45.1 Å². The summed E-state index contributed by atoms with van der Waals surface area (Å²) >= 11 is 0. The molecular formula is C26H36N4O. The third-order valence-corrected chi connectivity index (χ3v) is 6.55. The molecule has 2 aromatic carbocycles. The molecule has 0 radical (unpaired) electrons. The fraction of sp³-hybridized carbons (Fsp3) is 0.462. The first-order valence-corrected chi connectivity index (χ1v) is 11.5. The number of likely N-dealkylation sites (tertiary alicyclic amines) is 1. The lowest BCUT2D eigenvalue weighted by atomic mass is 9.76. The molecule has 1 fully saturated rings. The Balaban J connectivity index is 1.58. The van der Waals surface area contributed by atoms with Gasteiger partial charge in [-0.2, -0.15) is 0 Å². The van der Waals surface area contributed by atoms with E-state index in [0.717, 1.165) is 38.3 Å². The molecule has 0 bridgehead atoms. The zero-order chi connectivity index (χ0) is 22.1. The van der Waals surface area contributed by atoms with Crippen molar-refractivity contribution in [2.45, 2.75) is 58.0 Å². The van der Waals surface area contributed by atoms with Gasteiger partial charge in [-0.3, -0.25) is 9.79 Å². The largest absolute Gasteiger partial charge is 0.356 e. The van der Waals surface area contributed by atoms with Crippen LogP contribution in [0.3, 0.4) is 0 Å². The van der Waals surface area contributed by atoms with Crippen molar-refractivity contribution in [2.24, 2.45) is 4.99 Å². The van der Waals surface area contributed by atoms with Crippen molar-refractivity contribution in [3.8, 4) is 0 Å². The van der Waals surface area contributed by atoms with Crippen LogP contribution in [0.1, 0.15) is 56.2 Å². The van der Waals surface area contributed by atoms with Crippen molar-refractivity contribution in [2.75, 3.05) is 20.1 Å². The number of aliphatic imine (C=N–C) groups is 1. The second-order valence-electron chi connectivity index (χ2n) is 8.37. The Morgan fingerprint density at radius 2 is 1.77 bits per heavy atom. The van der Waals surface area contributed by atoms with Crippen molar-refractivity contribution in [1.29, 1.82) is 0 Å². The predicted octanol–water partition coefficient (Wildman–Crippen LogP) is 4.23. The van der Waals surface area contributed by atoms with E-state index in [1.807, 2.05) is 11.9 Å². The number of hydrogen-bond acceptors (Lipinski definition) is 2. The van der Waals surface area contributed by atoms with E-state index in [4.69, 9.17) is 0 Å². The van der Waals surface area contributed by atoms with E-state index in [-0.39, 0.29) is 11.3 Å². The molecule has 0 unspecified atom stereocenters. The van der Waals surface area contributed by atoms with Crippen LogP contribution >= 0.6 is 0 Å². The summed E-state index contributed by atoms with van der Waals surface area (Å²) in [6.45, 7) is 7.61. The highest BCUT2D eigenvalue weighted by Crippen LogP contribution is 2.30. The van der Waals surface area contributed by atoms with Gasteiger partial charge >= 0.3 is 0 Å². The van der Waals surface area contributed by atoms with Crippen LogP contribution in [0.5, 0.6) is 0 Å². The Bertz CT molecular complexity index is 874. The van der Waals surface area contributed by atoms with Crippen molar-refractivity contribution < 1.29 is 4.79 Å². The Kier molecular flexibility index (Phi) is 8.10. The van der Waals surface area contributed by atoms with E-state index in [9.17, 15) is 4.79 Å². The van der Waals surface area contributed by atoms with Crippen LogP contribution in [-0.4, -0.2) is 36.9 Å². The maximum atomic E-state index is 11.9. The number of benzene rings is 2. The summed E-state index contributed by atoms with van der Waals surface area (Å²) in [6, 6.07) is 19.2. The van der Waals surface area contributed by atoms with E-state index in [1.54, 1.807) is 0 Å². The lowest BCUT2D eigenvalue weighted by Gasteiger charge is -2.33. The Labute approximate surface area is 187 Å². The van der Waals surface area contributed by atoms with E-state index in [0.29, 0.717) is 19.5 Å². The number of carbonyl (C=O) groups excluding carboxylic acids is 1. The van der Waals surface area contributed by atoms with Gasteiger partial charge in [-0.15, -0.1) is 0 Å². The summed E-state index contributed by atoms with van der Waals surface area (Å²) in [4.78, 5) is 18.3. The molecule has 166 valence electrons. The first-order chi connectivity index (χ1) is 15.1. The van der Waals surface area contributed by atoms with Gasteiger partial charge in [-0.1, -0.05) is 68.4 Å². The zero-order valence-electron chi connectivity index (χ0n) is 19.2. The lowest BCUT2D eigenvalue weighted by molar-refractivity contribution is -0.128. The first-order valence-electron chi connectivity index (χ1n) is 11.5. The molecule has 2 N–H and O–H groups in total. The molecule has 1 aliphatic rings. The van der Waals surface area contributed by atoms with E-state index < -0.39 is 0 Å². The highest BCUT2D eigenvalue weighted by molar-refractivity contribution is 5.79. The fourth-order valence-corrected chi connectivity index (χ4v) is 4.39. The molecule has 1 saturated heterocycles. The van der Waals surface area contributed by atoms with E-state index in [2.05, 4.69) is 84.1 Å². The molecule has 3 rings (SSSR count). The molecule has 0 saturated carbocycles. The second-order valence-corrected chi connectivity index (χ2v) is 8.37. The minimum absolute atomic E-state index is 0.0844. The van der Waals surface area contributed by atoms with Gasteiger partial charge in [0.05, 0.1) is 0 Å². The Morgan fingerprint density at radius 1 is 1.03 bits per heavy atom. The highest BCUT2D eigenvalue weighted by atomic mass is 16.2. The number of guanidine groups is 1. The number of hydrogen-bond donors (Lipinski definition) is 2. The number of rotatable bonds is 9. The molecule has 31 heavy (non-hydrogen) atoms. The van der Waals surface area contributed by atoms with Crippen molar-refractivity contribution in [3.63, 3.8) is 0 Å². The van der Waals surface area contributed by atoms with Crippen LogP contribution in [0.15, 0.2) is 59.6 Å². The Hall–Kier alpha value is -2.82. The summed E-state index contributed by atoms with van der Waals surface area (Å²) in [5.41, 5.74) is 3.82. The topological polar surface area (TPSA) is 56.7 Å². The van der Waals surface area contributed by atoms with Gasteiger partial charge in [0.25, 0.3) is 0 Å². The number of nitrogens with one attached hydrogen (secondary N) is 2. The normalized spacial score (nSPS) is 14.7. The lowest BCUT2D eigenvalue weighted by Crippen LogP contribution is -2.45. The maximum Gasteiger partial charge on any atom is 0.222 e. The van der Waals surface area contributed by atoms with Crippen LogP contribution in [0.25, 0.3) is 0 Å². The molecule has 1 amide bonds. The second kappa shape index (κ2) is 11.0. The summed E-state index contributed by atoms with van der Waals surface area (Å²) in [5.74, 6) is 1.07. The maximum absolute atomic E-state index is 11.9. The van der Waals surface area contributed by atoms with Gasteiger partial charge in [-0.25, -0.2) is 0 Å². The summed E-state index contributed by atoms with van der Waals surface area (Å²) in [6.07, 6.45) is 3.79. The van der Waals surface area contributed by atoms with Gasteiger partial charge in [0.1, 0.15) is 0 Å². The predicted molar refractivity (Wildman–Crippen MR) is 128 cm³/mol. The average molecular weight is 421 g/mol. The van der Waals surface area contributed by atoms with Crippen LogP contribution in [-0.2, 0) is 23.3 Å². The molecule has 1 aliphatic heterocycles. The molecule has 1 heterocycles. The number of carbonyl (C=O) groups is 1. The standard InChI is InChI=1S/C26H36N4O/c1-4-26(5-2,23-13-7-6-8-14-23)20-29-25(27-3)28-18-21-11-9-12-22(17-21)19-30-16-10-15-24(30)31/h6-9,11-14,17H,4-5,10,15-16,18-20H2,1-3H3,(H2,27,28,29). The molecule has 2 aromatic rings. The Morgan fingerprint density at radius 3 is 2.42 bits per heavy atom. The van der Waals surface area contributed by atoms with Crippen LogP contribution in [0, 0.1) is 0 Å². The van der Waals surface area contributed by atoms with Crippen LogP contribution in [0.4, 0.5) is 0 Å². The highest BCUT2D eigenvalue weighted by Gasteiger charge is 2.28. The monoisotopic (exact) mass is 420 g/mol. The molecular weight excluding hydrogens is 384 g/mol. The van der Waals surface area contributed by atoms with Crippen molar-refractivity contribution in [3.05, 3.63) is 71.3 Å². The molecule has 0 aliphatic carbocycles. The van der Waals surface area contributed by atoms with Gasteiger partial charge in [0.2, 0.25) is 5.91 Å². The molecule has 0 spiro atoms. The van der Waals surface area contributed by atoms with Crippen molar-refractivity contribution in [1.82, 2.24) is 15.5 Å². The van der Waals surface area contributed by atoms with Crippen molar-refractivity contribution >= 4 is 11.9 Å². The summed E-state index contributed by atoms with van der Waals surface area (Å²) in [5, 5.41) is 6.99. The van der Waals surface area contributed by atoms with Gasteiger partial charge in [-0.05, 0) is 36.0 Å². The SMILES string of the molecule is CCC(CC)(CNC(=NC)NCc1cccc(CN2CCCC2=O)c1)c1ccccc1. The number of amides is 1. The fourth-order valence-electron chi connectivity index (χ4n) is 4.39. The first kappa shape index (κ1) is 22.9. The van der Waals surface area contributed by atoms with Gasteiger partial charge in [0.15, 0.2) is 5.96 Å². The van der Waals surface area contributed by atoms with E-state index >= 15 is 0 Å². The van der Waals surface area contributed by atoms with Crippen LogP contribution in [0.2, 0.25) is 0 Å². The smallest absolute Gasteiger partial charge is 0.222 e. The van der Waals surface area contributed by atoms with E-state index in [1.165, 1.54) is 16.7 Å². The molecule has 0 aromatic heterocycles. The average Bonchev–Trinajstić information content (AvgIpc) is 3.22. The summed E-state index contributed by atoms with van der Waals surface area (Å²) < 4.78 is 0. The third kappa shape index (κ3) is 5.87. The quantitative estimate of drug-likeness (QED) is 0.471. The summed E-state index contributed by atoms with van der Waals surface area (Å²) in [7, 11) is 1.81. The number of nitrogens with zero attached hydrogens (tertiary/aromatic N) is 2. The molecule has 5 heteroatoms. The minimum atomic E-state index is 0.0844. The zero-order valence-corrected chi connectivity index (χ0v) is 19.2. The molecule has 0 atom stereocenters. The third-order valence-electron chi connectivity index (χ3n) is 6.55. The minimum Gasteiger partial charge on any atom is -0.356 e. The van der Waals surface area contributed by atoms with Crippen LogP contribution < -0.4 is 10.6 Å².